The van der Waals surface area contributed by atoms with Gasteiger partial charge in [-0.1, -0.05) is 29.8 Å². The van der Waals surface area contributed by atoms with Gasteiger partial charge in [0.2, 0.25) is 0 Å². The number of anilines is 1. The van der Waals surface area contributed by atoms with Crippen LogP contribution in [0.15, 0.2) is 59.5 Å². The minimum absolute atomic E-state index is 0.0422. The summed E-state index contributed by atoms with van der Waals surface area (Å²) in [6.07, 6.45) is 0. The molecule has 0 spiro atoms. The summed E-state index contributed by atoms with van der Waals surface area (Å²) in [5.41, 5.74) is 2.91. The van der Waals surface area contributed by atoms with Crippen molar-refractivity contribution in [3.63, 3.8) is 0 Å². The molecule has 1 atom stereocenters. The quantitative estimate of drug-likeness (QED) is 0.548. The first kappa shape index (κ1) is 22.1. The Morgan fingerprint density at radius 3 is 2.19 bits per heavy atom. The molecule has 7 nitrogen and oxygen atoms in total. The second kappa shape index (κ2) is 8.66. The van der Waals surface area contributed by atoms with Crippen molar-refractivity contribution in [2.75, 3.05) is 11.4 Å². The third-order valence-electron chi connectivity index (χ3n) is 4.82. The van der Waals surface area contributed by atoms with Crippen molar-refractivity contribution in [2.45, 2.75) is 31.6 Å². The fraction of sp³-hybridized carbons (Fsp3) is 0.217. The number of carbonyl (C=O) groups is 1. The highest BCUT2D eigenvalue weighted by molar-refractivity contribution is 7.92. The zero-order valence-electron chi connectivity index (χ0n) is 17.7. The van der Waals surface area contributed by atoms with Gasteiger partial charge in [0.15, 0.2) is 17.5 Å². The summed E-state index contributed by atoms with van der Waals surface area (Å²) in [6.45, 7) is 5.43. The van der Waals surface area contributed by atoms with Crippen LogP contribution >= 0.6 is 0 Å². The first-order valence-electron chi connectivity index (χ1n) is 9.55. The summed E-state index contributed by atoms with van der Waals surface area (Å²) in [5, 5.41) is 9.60. The number of nitrogens with zero attached hydrogens (tertiary/aromatic N) is 4. The summed E-state index contributed by atoms with van der Waals surface area (Å²) in [5.74, 6) is -1.68. The van der Waals surface area contributed by atoms with E-state index in [1.807, 2.05) is 25.1 Å². The molecule has 2 aromatic carbocycles. The molecule has 0 aliphatic carbocycles. The van der Waals surface area contributed by atoms with Crippen LogP contribution in [0.2, 0.25) is 0 Å². The SMILES string of the molecule is Cc1ccc(N(C)S(=O)(=O)c2cccc(C(=O)C(C#N)c3nc(C)cc(C)n3)c2)cc1. The summed E-state index contributed by atoms with van der Waals surface area (Å²) in [7, 11) is -2.45. The maximum Gasteiger partial charge on any atom is 0.264 e. The lowest BCUT2D eigenvalue weighted by Gasteiger charge is -2.20. The summed E-state index contributed by atoms with van der Waals surface area (Å²) < 4.78 is 27.4. The number of carbonyl (C=O) groups excluding carboxylic acids is 1. The largest absolute Gasteiger partial charge is 0.292 e. The van der Waals surface area contributed by atoms with Gasteiger partial charge in [-0.05, 0) is 51.1 Å². The van der Waals surface area contributed by atoms with Crippen LogP contribution in [-0.4, -0.2) is 31.2 Å². The molecule has 0 radical (unpaired) electrons. The highest BCUT2D eigenvalue weighted by atomic mass is 32.2. The van der Waals surface area contributed by atoms with E-state index in [-0.39, 0.29) is 16.3 Å². The minimum Gasteiger partial charge on any atom is -0.292 e. The normalized spacial score (nSPS) is 12.1. The molecule has 0 saturated carbocycles. The Morgan fingerprint density at radius 1 is 1.00 bits per heavy atom. The Bertz CT molecular complexity index is 1260. The Morgan fingerprint density at radius 2 is 1.61 bits per heavy atom. The van der Waals surface area contributed by atoms with E-state index in [9.17, 15) is 18.5 Å². The number of hydrogen-bond donors (Lipinski definition) is 0. The molecule has 3 aromatic rings. The molecular formula is C23H22N4O3S. The predicted octanol–water partition coefficient (Wildman–Crippen LogP) is 3.72. The van der Waals surface area contributed by atoms with Gasteiger partial charge in [0.25, 0.3) is 10.0 Å². The Hall–Kier alpha value is -3.57. The number of rotatable bonds is 6. The van der Waals surface area contributed by atoms with Crippen LogP contribution < -0.4 is 4.31 Å². The van der Waals surface area contributed by atoms with E-state index in [0.29, 0.717) is 17.1 Å². The molecular weight excluding hydrogens is 412 g/mol. The van der Waals surface area contributed by atoms with Gasteiger partial charge < -0.3 is 0 Å². The summed E-state index contributed by atoms with van der Waals surface area (Å²) >= 11 is 0. The van der Waals surface area contributed by atoms with Crippen molar-refractivity contribution in [1.29, 1.82) is 5.26 Å². The number of aromatic nitrogens is 2. The molecule has 1 heterocycles. The summed E-state index contributed by atoms with van der Waals surface area (Å²) in [4.78, 5) is 21.4. The number of Topliss-reactive ketones (excluding diaryl/α,β-unsaturated/α-hetero) is 1. The molecule has 0 bridgehead atoms. The molecule has 8 heteroatoms. The van der Waals surface area contributed by atoms with Crippen LogP contribution in [0, 0.1) is 32.1 Å². The third kappa shape index (κ3) is 4.62. The van der Waals surface area contributed by atoms with Gasteiger partial charge in [0, 0.05) is 24.0 Å². The van der Waals surface area contributed by atoms with Crippen molar-refractivity contribution in [3.05, 3.63) is 82.9 Å². The van der Waals surface area contributed by atoms with Crippen molar-refractivity contribution in [3.8, 4) is 6.07 Å². The topological polar surface area (TPSA) is 104 Å². The second-order valence-electron chi connectivity index (χ2n) is 7.27. The Kier molecular flexibility index (Phi) is 6.18. The standard InChI is InChI=1S/C23H22N4O3S/c1-15-8-10-19(11-9-15)27(4)31(29,30)20-7-5-6-18(13-20)22(28)21(14-24)23-25-16(2)12-17(3)26-23/h5-13,21H,1-4H3. The third-order valence-corrected chi connectivity index (χ3v) is 6.61. The number of nitriles is 1. The molecule has 31 heavy (non-hydrogen) atoms. The average molecular weight is 435 g/mol. The molecule has 0 fully saturated rings. The van der Waals surface area contributed by atoms with Crippen LogP contribution in [0.1, 0.15) is 39.1 Å². The minimum atomic E-state index is -3.90. The average Bonchev–Trinajstić information content (AvgIpc) is 2.73. The lowest BCUT2D eigenvalue weighted by atomic mass is 9.98. The Labute approximate surface area is 182 Å². The van der Waals surface area contributed by atoms with E-state index in [4.69, 9.17) is 0 Å². The van der Waals surface area contributed by atoms with Crippen LogP contribution in [0.4, 0.5) is 5.69 Å². The molecule has 0 saturated heterocycles. The molecule has 0 aliphatic heterocycles. The maximum absolute atomic E-state index is 13.1. The fourth-order valence-electron chi connectivity index (χ4n) is 3.14. The fourth-order valence-corrected chi connectivity index (χ4v) is 4.39. The Balaban J connectivity index is 1.97. The zero-order chi connectivity index (χ0) is 22.8. The molecule has 1 unspecified atom stereocenters. The van der Waals surface area contributed by atoms with Crippen LogP contribution in [0.5, 0.6) is 0 Å². The summed E-state index contributed by atoms with van der Waals surface area (Å²) in [6, 6.07) is 16.4. The van der Waals surface area contributed by atoms with E-state index < -0.39 is 21.7 Å². The van der Waals surface area contributed by atoms with Crippen LogP contribution in [0.3, 0.4) is 0 Å². The molecule has 0 N–H and O–H groups in total. The molecule has 0 amide bonds. The van der Waals surface area contributed by atoms with Gasteiger partial charge in [0.1, 0.15) is 0 Å². The number of benzene rings is 2. The molecule has 3 rings (SSSR count). The van der Waals surface area contributed by atoms with Gasteiger partial charge in [-0.25, -0.2) is 18.4 Å². The van der Waals surface area contributed by atoms with Crippen LogP contribution in [0.25, 0.3) is 0 Å². The second-order valence-corrected chi connectivity index (χ2v) is 9.24. The van der Waals surface area contributed by atoms with Crippen molar-refractivity contribution < 1.29 is 13.2 Å². The van der Waals surface area contributed by atoms with E-state index in [0.717, 1.165) is 9.87 Å². The van der Waals surface area contributed by atoms with Gasteiger partial charge in [-0.2, -0.15) is 5.26 Å². The predicted molar refractivity (Wildman–Crippen MR) is 117 cm³/mol. The molecule has 1 aromatic heterocycles. The van der Waals surface area contributed by atoms with Crippen molar-refractivity contribution in [2.24, 2.45) is 0 Å². The maximum atomic E-state index is 13.1. The molecule has 0 aliphatic rings. The number of ketones is 1. The number of aryl methyl sites for hydroxylation is 3. The van der Waals surface area contributed by atoms with E-state index in [1.54, 1.807) is 32.0 Å². The van der Waals surface area contributed by atoms with Gasteiger partial charge >= 0.3 is 0 Å². The van der Waals surface area contributed by atoms with Crippen molar-refractivity contribution >= 4 is 21.5 Å². The highest BCUT2D eigenvalue weighted by Gasteiger charge is 2.27. The van der Waals surface area contributed by atoms with E-state index >= 15 is 0 Å². The monoisotopic (exact) mass is 434 g/mol. The van der Waals surface area contributed by atoms with Gasteiger partial charge in [-0.3, -0.25) is 9.10 Å². The first-order valence-corrected chi connectivity index (χ1v) is 11.0. The van der Waals surface area contributed by atoms with Crippen LogP contribution in [-0.2, 0) is 10.0 Å². The molecule has 158 valence electrons. The zero-order valence-corrected chi connectivity index (χ0v) is 18.5. The van der Waals surface area contributed by atoms with Gasteiger partial charge in [0.05, 0.1) is 16.7 Å². The van der Waals surface area contributed by atoms with Gasteiger partial charge in [-0.15, -0.1) is 0 Å². The lowest BCUT2D eigenvalue weighted by molar-refractivity contribution is 0.0976. The lowest BCUT2D eigenvalue weighted by Crippen LogP contribution is -2.26. The number of hydrogen-bond acceptors (Lipinski definition) is 6. The van der Waals surface area contributed by atoms with Crippen molar-refractivity contribution in [1.82, 2.24) is 9.97 Å². The highest BCUT2D eigenvalue weighted by Crippen LogP contribution is 2.25. The smallest absolute Gasteiger partial charge is 0.264 e. The van der Waals surface area contributed by atoms with E-state index in [1.165, 1.54) is 31.3 Å². The van der Waals surface area contributed by atoms with E-state index in [2.05, 4.69) is 9.97 Å². The number of sulfonamides is 1. The first-order chi connectivity index (χ1) is 14.6.